The summed E-state index contributed by atoms with van der Waals surface area (Å²) in [7, 11) is 1.53. The van der Waals surface area contributed by atoms with Gasteiger partial charge in [0, 0.05) is 18.2 Å². The third-order valence-corrected chi connectivity index (χ3v) is 6.04. The van der Waals surface area contributed by atoms with E-state index < -0.39 is 11.9 Å². The van der Waals surface area contributed by atoms with Gasteiger partial charge in [0.25, 0.3) is 0 Å². The lowest BCUT2D eigenvalue weighted by atomic mass is 9.65. The molecule has 7 heteroatoms. The van der Waals surface area contributed by atoms with Crippen molar-refractivity contribution >= 4 is 5.95 Å². The van der Waals surface area contributed by atoms with Crippen LogP contribution in [0.5, 0.6) is 5.75 Å². The number of rotatable bonds is 3. The Labute approximate surface area is 169 Å². The average molecular weight is 405 g/mol. The molecule has 4 nitrogen and oxygen atoms in total. The summed E-state index contributed by atoms with van der Waals surface area (Å²) in [5, 5.41) is 0. The minimum atomic E-state index is -4.54. The molecular weight excluding hydrogens is 379 g/mol. The van der Waals surface area contributed by atoms with Crippen molar-refractivity contribution in [2.45, 2.75) is 52.3 Å². The fourth-order valence-corrected chi connectivity index (χ4v) is 5.33. The van der Waals surface area contributed by atoms with E-state index in [1.807, 2.05) is 4.90 Å². The van der Waals surface area contributed by atoms with Crippen molar-refractivity contribution in [2.24, 2.45) is 10.8 Å². The first-order chi connectivity index (χ1) is 13.5. The molecule has 29 heavy (non-hydrogen) atoms. The van der Waals surface area contributed by atoms with Gasteiger partial charge in [-0.1, -0.05) is 32.9 Å². The number of aromatic nitrogens is 2. The third kappa shape index (κ3) is 3.91. The predicted octanol–water partition coefficient (Wildman–Crippen LogP) is 5.58. The van der Waals surface area contributed by atoms with Gasteiger partial charge in [0.15, 0.2) is 5.69 Å². The molecule has 4 rings (SSSR count). The summed E-state index contributed by atoms with van der Waals surface area (Å²) in [6, 6.07) is 8.11. The number of benzene rings is 1. The minimum Gasteiger partial charge on any atom is -0.497 e. The molecule has 1 aromatic heterocycles. The smallest absolute Gasteiger partial charge is 0.433 e. The molecule has 2 aliphatic rings. The summed E-state index contributed by atoms with van der Waals surface area (Å²) in [4.78, 5) is 10.5. The van der Waals surface area contributed by atoms with Gasteiger partial charge in [-0.15, -0.1) is 0 Å². The standard InChI is InChI=1S/C22H26F3N3O/c1-20(2)10-15-11-21(3,12-20)13-28(15)19-26-17(9-18(27-19)22(23,24)25)14-6-5-7-16(8-14)29-4/h5-9,15H,10-13H2,1-4H3/t15-,21+/m1/s1. The number of hydrogen-bond acceptors (Lipinski definition) is 4. The minimum absolute atomic E-state index is 0.0696. The SMILES string of the molecule is COc1cccc(-c2cc(C(F)(F)F)nc(N3C[C@@]4(C)C[C@H]3CC(C)(C)C4)n2)c1. The van der Waals surface area contributed by atoms with E-state index in [9.17, 15) is 13.2 Å². The number of alkyl halides is 3. The van der Waals surface area contributed by atoms with Crippen LogP contribution in [0.3, 0.4) is 0 Å². The van der Waals surface area contributed by atoms with E-state index in [1.54, 1.807) is 24.3 Å². The largest absolute Gasteiger partial charge is 0.497 e. The zero-order chi connectivity index (χ0) is 21.0. The summed E-state index contributed by atoms with van der Waals surface area (Å²) in [5.74, 6) is 0.742. The second kappa shape index (κ2) is 6.61. The highest BCUT2D eigenvalue weighted by molar-refractivity contribution is 5.63. The summed E-state index contributed by atoms with van der Waals surface area (Å²) >= 11 is 0. The van der Waals surface area contributed by atoms with Gasteiger partial charge >= 0.3 is 6.18 Å². The molecule has 1 saturated heterocycles. The molecule has 1 aliphatic heterocycles. The van der Waals surface area contributed by atoms with Crippen LogP contribution in [0.2, 0.25) is 0 Å². The number of anilines is 1. The molecule has 2 fully saturated rings. The van der Waals surface area contributed by atoms with E-state index in [2.05, 4.69) is 30.7 Å². The van der Waals surface area contributed by atoms with Gasteiger partial charge in [0.05, 0.1) is 12.8 Å². The second-order valence-corrected chi connectivity index (χ2v) is 9.51. The Kier molecular flexibility index (Phi) is 4.55. The number of ether oxygens (including phenoxy) is 1. The summed E-state index contributed by atoms with van der Waals surface area (Å²) in [6.45, 7) is 7.36. The molecule has 0 radical (unpaired) electrons. The molecule has 2 heterocycles. The maximum atomic E-state index is 13.6. The van der Waals surface area contributed by atoms with Crippen molar-refractivity contribution < 1.29 is 17.9 Å². The zero-order valence-electron chi connectivity index (χ0n) is 17.2. The molecule has 0 amide bonds. The predicted molar refractivity (Wildman–Crippen MR) is 106 cm³/mol. The molecule has 2 atom stereocenters. The maximum Gasteiger partial charge on any atom is 0.433 e. The second-order valence-electron chi connectivity index (χ2n) is 9.51. The molecule has 2 aromatic rings. The molecule has 0 spiro atoms. The molecule has 0 N–H and O–H groups in total. The number of fused-ring (bicyclic) bond motifs is 2. The van der Waals surface area contributed by atoms with Crippen LogP contribution in [-0.4, -0.2) is 29.7 Å². The Bertz CT molecular complexity index is 928. The summed E-state index contributed by atoms with van der Waals surface area (Å²) in [6.07, 6.45) is -1.60. The Morgan fingerprint density at radius 2 is 1.86 bits per heavy atom. The maximum absolute atomic E-state index is 13.6. The van der Waals surface area contributed by atoms with Crippen molar-refractivity contribution in [1.82, 2.24) is 9.97 Å². The molecule has 156 valence electrons. The average Bonchev–Trinajstić information content (AvgIpc) is 2.89. The molecular formula is C22H26F3N3O. The van der Waals surface area contributed by atoms with Crippen LogP contribution in [0.15, 0.2) is 30.3 Å². The highest BCUT2D eigenvalue weighted by Gasteiger charge is 2.50. The number of hydrogen-bond donors (Lipinski definition) is 0. The van der Waals surface area contributed by atoms with Gasteiger partial charge < -0.3 is 9.64 Å². The lowest BCUT2D eigenvalue weighted by molar-refractivity contribution is -0.141. The number of halogens is 3. The number of nitrogens with zero attached hydrogens (tertiary/aromatic N) is 3. The lowest BCUT2D eigenvalue weighted by Crippen LogP contribution is -2.35. The Hall–Kier alpha value is -2.31. The van der Waals surface area contributed by atoms with Crippen LogP contribution in [0.1, 0.15) is 45.7 Å². The summed E-state index contributed by atoms with van der Waals surface area (Å²) in [5.41, 5.74) is 0.148. The van der Waals surface area contributed by atoms with Gasteiger partial charge in [0.2, 0.25) is 5.95 Å². The van der Waals surface area contributed by atoms with Gasteiger partial charge in [-0.05, 0) is 48.3 Å². The van der Waals surface area contributed by atoms with Crippen LogP contribution in [0.4, 0.5) is 19.1 Å². The van der Waals surface area contributed by atoms with Crippen LogP contribution in [-0.2, 0) is 6.18 Å². The van der Waals surface area contributed by atoms with Gasteiger partial charge in [0.1, 0.15) is 5.75 Å². The van der Waals surface area contributed by atoms with Gasteiger partial charge in [-0.3, -0.25) is 0 Å². The Morgan fingerprint density at radius 3 is 2.55 bits per heavy atom. The molecule has 0 unspecified atom stereocenters. The van der Waals surface area contributed by atoms with Gasteiger partial charge in [-0.2, -0.15) is 13.2 Å². The third-order valence-electron chi connectivity index (χ3n) is 6.04. The van der Waals surface area contributed by atoms with Crippen molar-refractivity contribution in [3.05, 3.63) is 36.0 Å². The zero-order valence-corrected chi connectivity index (χ0v) is 17.2. The first-order valence-electron chi connectivity index (χ1n) is 9.85. The van der Waals surface area contributed by atoms with Crippen LogP contribution < -0.4 is 9.64 Å². The quantitative estimate of drug-likeness (QED) is 0.669. The van der Waals surface area contributed by atoms with E-state index in [0.29, 0.717) is 17.9 Å². The van der Waals surface area contributed by atoms with Crippen LogP contribution in [0, 0.1) is 10.8 Å². The fraction of sp³-hybridized carbons (Fsp3) is 0.545. The lowest BCUT2D eigenvalue weighted by Gasteiger charge is -2.39. The summed E-state index contributed by atoms with van der Waals surface area (Å²) < 4.78 is 46.1. The van der Waals surface area contributed by atoms with Crippen molar-refractivity contribution in [2.75, 3.05) is 18.6 Å². The molecule has 1 aromatic carbocycles. The highest BCUT2D eigenvalue weighted by atomic mass is 19.4. The molecule has 1 saturated carbocycles. The fourth-order valence-electron chi connectivity index (χ4n) is 5.33. The van der Waals surface area contributed by atoms with E-state index in [1.165, 1.54) is 7.11 Å². The van der Waals surface area contributed by atoms with Crippen molar-refractivity contribution in [1.29, 1.82) is 0 Å². The van der Waals surface area contributed by atoms with E-state index >= 15 is 0 Å². The van der Waals surface area contributed by atoms with Crippen LogP contribution >= 0.6 is 0 Å². The highest BCUT2D eigenvalue weighted by Crippen LogP contribution is 2.53. The normalized spacial score (nSPS) is 25.9. The van der Waals surface area contributed by atoms with Crippen molar-refractivity contribution in [3.63, 3.8) is 0 Å². The van der Waals surface area contributed by atoms with Crippen LogP contribution in [0.25, 0.3) is 11.3 Å². The van der Waals surface area contributed by atoms with E-state index in [0.717, 1.165) is 25.3 Å². The molecule has 2 bridgehead atoms. The van der Waals surface area contributed by atoms with Gasteiger partial charge in [-0.25, -0.2) is 9.97 Å². The van der Waals surface area contributed by atoms with E-state index in [-0.39, 0.29) is 28.5 Å². The first kappa shape index (κ1) is 20.0. The monoisotopic (exact) mass is 405 g/mol. The van der Waals surface area contributed by atoms with Crippen molar-refractivity contribution in [3.8, 4) is 17.0 Å². The van der Waals surface area contributed by atoms with E-state index in [4.69, 9.17) is 4.74 Å². The molecule has 1 aliphatic carbocycles. The Morgan fingerprint density at radius 1 is 1.10 bits per heavy atom. The number of methoxy groups -OCH3 is 1. The topological polar surface area (TPSA) is 38.2 Å². The first-order valence-corrected chi connectivity index (χ1v) is 9.85. The Balaban J connectivity index is 1.80.